The maximum atomic E-state index is 10.8. The first kappa shape index (κ1) is 15.9. The predicted molar refractivity (Wildman–Crippen MR) is 284 cm³/mol. The number of nitrogens with zero attached hydrogens (tertiary/aromatic N) is 1. The van der Waals surface area contributed by atoms with Crippen molar-refractivity contribution in [3.8, 4) is 55.6 Å². The van der Waals surface area contributed by atoms with Gasteiger partial charge in [0.2, 0.25) is 0 Å². The number of benzene rings is 11. The molecule has 0 radical (unpaired) electrons. The number of thiophene rings is 1. The second kappa shape index (κ2) is 14.9. The lowest BCUT2D eigenvalue weighted by Crippen LogP contribution is -2.26. The highest BCUT2D eigenvalue weighted by Gasteiger charge is 2.52. The zero-order chi connectivity index (χ0) is 78.0. The van der Waals surface area contributed by atoms with E-state index in [0.29, 0.717) is 16.2 Å². The SMILES string of the molecule is [2H]c1cc2c(c(N(c3c([2H])c(-c4c([2H])c([2H])c([2H])c([2H])c4[2H])c([2H])c(-c4c([2H])c([2H])c([2H])c([2H])c4[2H])c3[2H])c3c([2H])c([2H])c4cc([2H])c([2H])c([2H])c4c3-c3c([2H])c([2H])c4c(sc5c([2H])c([2H])c([2H])c([2H])c54)c3[2H])c1[2H])-c1c([2H])c([2H])c([2H])c([2H])c1C21c2c([2H])c([2H])c([2H])c([2H])c2-c2c([2H])c([2H])c([2H])c([2H])c21. The van der Waals surface area contributed by atoms with Gasteiger partial charge >= 0.3 is 0 Å². The third kappa shape index (κ3) is 5.61. The molecule has 0 amide bonds. The Bertz CT molecular complexity index is 6050. The van der Waals surface area contributed by atoms with Gasteiger partial charge in [0.1, 0.15) is 0 Å². The van der Waals surface area contributed by atoms with Gasteiger partial charge in [-0.2, -0.15) is 0 Å². The van der Waals surface area contributed by atoms with Crippen molar-refractivity contribution in [3.05, 3.63) is 270 Å². The molecule has 11 aromatic carbocycles. The minimum absolute atomic E-state index is 0.292. The van der Waals surface area contributed by atoms with E-state index in [9.17, 15) is 35.6 Å². The van der Waals surface area contributed by atoms with Crippen LogP contribution in [0.5, 0.6) is 0 Å². The molecule has 0 N–H and O–H groups in total. The molecule has 14 rings (SSSR count). The molecule has 1 aromatic heterocycles. The third-order valence-electron chi connectivity index (χ3n) is 11.6. The van der Waals surface area contributed by atoms with Gasteiger partial charge in [-0.15, -0.1) is 11.3 Å². The summed E-state index contributed by atoms with van der Waals surface area (Å²) in [6, 6.07) is -41.7. The zero-order valence-electron chi connectivity index (χ0n) is 72.5. The Morgan fingerprint density at radius 2 is 0.910 bits per heavy atom. The molecule has 0 aliphatic heterocycles. The lowest BCUT2D eigenvalue weighted by Gasteiger charge is -2.33. The van der Waals surface area contributed by atoms with Crippen LogP contribution in [-0.2, 0) is 5.41 Å². The smallest absolute Gasteiger partial charge is 0.0726 e. The van der Waals surface area contributed by atoms with Crippen molar-refractivity contribution < 1.29 is 53.5 Å². The van der Waals surface area contributed by atoms with Crippen molar-refractivity contribution in [2.24, 2.45) is 0 Å². The highest BCUT2D eigenvalue weighted by atomic mass is 32.1. The minimum atomic E-state index is -3.06. The molecular weight excluding hydrogens is 827 g/mol. The van der Waals surface area contributed by atoms with E-state index in [1.54, 1.807) is 0 Å². The van der Waals surface area contributed by atoms with Crippen molar-refractivity contribution in [1.82, 2.24) is 0 Å². The van der Waals surface area contributed by atoms with Gasteiger partial charge in [-0.1, -0.05) is 205 Å². The second-order valence-electron chi connectivity index (χ2n) is 14.9. The maximum Gasteiger partial charge on any atom is 0.0726 e. The Balaban J connectivity index is 1.36. The van der Waals surface area contributed by atoms with Gasteiger partial charge in [0.15, 0.2) is 0 Å². The number of hydrogen-bond acceptors (Lipinski definition) is 2. The average molecular weight is 907 g/mol. The molecule has 67 heavy (non-hydrogen) atoms. The van der Waals surface area contributed by atoms with Gasteiger partial charge in [0, 0.05) is 37.0 Å². The summed E-state index contributed by atoms with van der Waals surface area (Å²) in [6.45, 7) is 0. The first-order valence-corrected chi connectivity index (χ1v) is 20.8. The van der Waals surface area contributed by atoms with Crippen LogP contribution in [0.2, 0.25) is 0 Å². The average Bonchev–Trinajstić information content (AvgIpc) is 1.47. The summed E-state index contributed by atoms with van der Waals surface area (Å²) in [5.74, 6) is 0. The molecule has 1 nitrogen and oxygen atoms in total. The summed E-state index contributed by atoms with van der Waals surface area (Å²) in [4.78, 5) is 0.370. The summed E-state index contributed by atoms with van der Waals surface area (Å²) < 4.78 is 371. The van der Waals surface area contributed by atoms with Crippen LogP contribution in [0.3, 0.4) is 0 Å². The van der Waals surface area contributed by atoms with E-state index in [1.165, 1.54) is 0 Å². The molecule has 0 saturated carbocycles. The molecule has 0 atom stereocenters. The topological polar surface area (TPSA) is 3.24 Å². The van der Waals surface area contributed by atoms with E-state index in [0.717, 1.165) is 12.1 Å². The fourth-order valence-electron chi connectivity index (χ4n) is 8.96. The largest absolute Gasteiger partial charge is 0.309 e. The summed E-state index contributed by atoms with van der Waals surface area (Å²) in [7, 11) is 0. The van der Waals surface area contributed by atoms with Crippen LogP contribution >= 0.6 is 11.3 Å². The van der Waals surface area contributed by atoms with Gasteiger partial charge < -0.3 is 4.90 Å². The van der Waals surface area contributed by atoms with Gasteiger partial charge in [0.25, 0.3) is 0 Å². The molecule has 0 bridgehead atoms. The molecular formula is C65H41NS. The summed E-state index contributed by atoms with van der Waals surface area (Å²) in [6.07, 6.45) is 0. The van der Waals surface area contributed by atoms with Crippen LogP contribution in [0.15, 0.2) is 248 Å². The quantitative estimate of drug-likeness (QED) is 0.161. The molecule has 0 saturated heterocycles. The molecule has 0 fully saturated rings. The van der Waals surface area contributed by atoms with Crippen molar-refractivity contribution in [2.45, 2.75) is 5.41 Å². The Morgan fingerprint density at radius 1 is 0.343 bits per heavy atom. The monoisotopic (exact) mass is 907 g/mol. The molecule has 312 valence electrons. The fourth-order valence-corrected chi connectivity index (χ4v) is 9.93. The number of hydrogen-bond donors (Lipinski definition) is 0. The van der Waals surface area contributed by atoms with E-state index < -0.39 is 357 Å². The van der Waals surface area contributed by atoms with Gasteiger partial charge in [-0.25, -0.2) is 0 Å². The van der Waals surface area contributed by atoms with Gasteiger partial charge in [-0.05, 0) is 120 Å². The standard InChI is InChI=1S/C65H41NS/c1-3-18-42(19-4-1)46-38-47(43-20-5-2-6-21-43)40-48(39-46)66(60-37-35-44-22-7-8-23-49(44)63(60)45-34-36-53-52-26-12-16-33-61(52)67-62(53)41-45)59-32-17-31-58-64(59)54-27-11-15-30-57(54)65(58)55-28-13-9-24-50(55)51-25-10-14-29-56(51)65/h1-41H/i1D,2D,3D,4D,5D,6D,7D,8D,9D,10D,11D,12D,13D,14D,15D,16D,17D,18D,19D,20D,21D,23D,24D,25D,26D,27D,28D,29D,30D,32D,33D,34D,35D,36D,37D,38D,39D,40D,41D. The lowest BCUT2D eigenvalue weighted by atomic mass is 9.70. The zero-order valence-corrected chi connectivity index (χ0v) is 34.3. The van der Waals surface area contributed by atoms with Crippen molar-refractivity contribution >= 4 is 59.3 Å². The van der Waals surface area contributed by atoms with Crippen LogP contribution in [0.25, 0.3) is 86.6 Å². The van der Waals surface area contributed by atoms with Crippen LogP contribution in [0, 0.1) is 0 Å². The number of anilines is 3. The minimum Gasteiger partial charge on any atom is -0.309 e. The molecule has 1 heterocycles. The van der Waals surface area contributed by atoms with Crippen molar-refractivity contribution in [1.29, 1.82) is 0 Å². The molecule has 12 aromatic rings. The number of rotatable bonds is 6. The normalized spacial score (nSPS) is 21.0. The van der Waals surface area contributed by atoms with Crippen LogP contribution in [0.1, 0.15) is 75.7 Å². The summed E-state index contributed by atoms with van der Waals surface area (Å²) in [5.41, 5.74) is -20.3. The predicted octanol–water partition coefficient (Wildman–Crippen LogP) is 18.0. The Hall–Kier alpha value is -8.30. The van der Waals surface area contributed by atoms with E-state index >= 15 is 0 Å². The molecule has 2 heteroatoms. The van der Waals surface area contributed by atoms with E-state index in [2.05, 4.69) is 0 Å². The molecule has 2 aliphatic carbocycles. The van der Waals surface area contributed by atoms with Crippen LogP contribution in [-0.4, -0.2) is 0 Å². The maximum absolute atomic E-state index is 10.8. The van der Waals surface area contributed by atoms with Crippen molar-refractivity contribution in [2.75, 3.05) is 4.90 Å². The highest BCUT2D eigenvalue weighted by molar-refractivity contribution is 7.25. The summed E-state index contributed by atoms with van der Waals surface area (Å²) in [5, 5.41) is -2.39. The van der Waals surface area contributed by atoms with Gasteiger partial charge in [-0.3, -0.25) is 0 Å². The molecule has 1 spiro atoms. The number of fused-ring (bicyclic) bond motifs is 14. The van der Waals surface area contributed by atoms with E-state index in [1.807, 2.05) is 0 Å². The first-order chi connectivity index (χ1) is 49.5. The fraction of sp³-hybridized carbons (Fsp3) is 0.0154. The highest BCUT2D eigenvalue weighted by Crippen LogP contribution is 2.65. The third-order valence-corrected chi connectivity index (χ3v) is 12.6. The Morgan fingerprint density at radius 3 is 1.63 bits per heavy atom. The van der Waals surface area contributed by atoms with Crippen molar-refractivity contribution in [3.63, 3.8) is 0 Å². The lowest BCUT2D eigenvalue weighted by molar-refractivity contribution is 0.794. The van der Waals surface area contributed by atoms with Crippen LogP contribution < -0.4 is 4.90 Å². The Kier molecular flexibility index (Phi) is 3.54. The first-order valence-electron chi connectivity index (χ1n) is 39.5. The van der Waals surface area contributed by atoms with Gasteiger partial charge in [0.05, 0.1) is 70.2 Å². The van der Waals surface area contributed by atoms with Crippen LogP contribution in [0.4, 0.5) is 17.1 Å². The molecule has 0 unspecified atom stereocenters. The Labute approximate surface area is 448 Å². The second-order valence-corrected chi connectivity index (χ2v) is 15.9. The van der Waals surface area contributed by atoms with E-state index in [-0.39, 0.29) is 10.1 Å². The molecule has 2 aliphatic rings. The van der Waals surface area contributed by atoms with E-state index in [4.69, 9.17) is 17.8 Å². The summed E-state index contributed by atoms with van der Waals surface area (Å²) >= 11 is 0.470.